The van der Waals surface area contributed by atoms with Gasteiger partial charge in [-0.2, -0.15) is 4.31 Å². The normalized spacial score (nSPS) is 23.8. The largest absolute Gasteiger partial charge is 0.507 e. The van der Waals surface area contributed by atoms with Crippen LogP contribution in [0.5, 0.6) is 0 Å². The zero-order chi connectivity index (χ0) is 8.54. The van der Waals surface area contributed by atoms with Crippen molar-refractivity contribution in [1.82, 2.24) is 0 Å². The van der Waals surface area contributed by atoms with Crippen molar-refractivity contribution < 1.29 is 31.2 Å². The summed E-state index contributed by atoms with van der Waals surface area (Å²) in [5.74, 6) is 0. The van der Waals surface area contributed by atoms with E-state index in [1.165, 1.54) is 0 Å². The van der Waals surface area contributed by atoms with Crippen LogP contribution < -0.4 is 0 Å². The predicted molar refractivity (Wildman–Crippen MR) is 38.1 cm³/mol. The van der Waals surface area contributed by atoms with Gasteiger partial charge in [-0.25, -0.2) is 17.1 Å². The molecule has 0 amide bonds. The molecule has 0 saturated carbocycles. The van der Waals surface area contributed by atoms with Gasteiger partial charge >= 0.3 is 15.6 Å². The van der Waals surface area contributed by atoms with Crippen molar-refractivity contribution in [2.45, 2.75) is 0 Å². The Morgan fingerprint density at radius 1 is 1.36 bits per heavy atom. The Balaban J connectivity index is 2.61. The Kier molecular flexibility index (Phi) is 3.08. The summed E-state index contributed by atoms with van der Waals surface area (Å²) in [7, 11) is -8.85. The quantitative estimate of drug-likeness (QED) is 0.421. The fourth-order valence-electron chi connectivity index (χ4n) is 0.269. The minimum Gasteiger partial charge on any atom is -0.302 e. The molecule has 1 fully saturated rings. The molecule has 0 atom stereocenters. The molecule has 7 nitrogen and oxygen atoms in total. The maximum atomic E-state index is 10.8. The topological polar surface area (TPSA) is 102 Å². The number of phosphoric acid groups is 2. The third-order valence-corrected chi connectivity index (χ3v) is 5.39. The molecule has 66 valence electrons. The second kappa shape index (κ2) is 3.37. The number of hydrogen-bond acceptors (Lipinski definition) is 7. The van der Waals surface area contributed by atoms with E-state index in [4.69, 9.17) is 9.79 Å². The Morgan fingerprint density at radius 2 is 1.82 bits per heavy atom. The predicted octanol–water partition coefficient (Wildman–Crippen LogP) is 1.46. The molecule has 2 N–H and O–H groups in total. The van der Waals surface area contributed by atoms with E-state index in [2.05, 4.69) is 12.3 Å². The Morgan fingerprint density at radius 3 is 2.18 bits per heavy atom. The van der Waals surface area contributed by atoms with Gasteiger partial charge in [-0.1, -0.05) is 0 Å². The first-order valence-corrected chi connectivity index (χ1v) is 6.99. The highest BCUT2D eigenvalue weighted by Crippen LogP contribution is 2.71. The van der Waals surface area contributed by atoms with Crippen LogP contribution >= 0.6 is 37.8 Å². The second-order valence-corrected chi connectivity index (χ2v) is 6.11. The van der Waals surface area contributed by atoms with Crippen molar-refractivity contribution in [3.05, 3.63) is 0 Å². The SMILES string of the molecule is O=P(O)(O)OP1(=O)OSSO1. The third-order valence-electron chi connectivity index (χ3n) is 0.478. The van der Waals surface area contributed by atoms with E-state index in [0.717, 1.165) is 0 Å². The van der Waals surface area contributed by atoms with Crippen LogP contribution in [0.3, 0.4) is 0 Å². The van der Waals surface area contributed by atoms with Crippen molar-refractivity contribution in [2.24, 2.45) is 0 Å². The van der Waals surface area contributed by atoms with Crippen LogP contribution in [0.1, 0.15) is 0 Å². The monoisotopic (exact) mass is 240 g/mol. The van der Waals surface area contributed by atoms with Crippen LogP contribution in [0.2, 0.25) is 0 Å². The van der Waals surface area contributed by atoms with Gasteiger partial charge in [-0.15, -0.1) is 0 Å². The zero-order valence-corrected chi connectivity index (χ0v) is 8.07. The average Bonchev–Trinajstić information content (AvgIpc) is 2.09. The molecular formula is H2O7P2S2. The fourth-order valence-corrected chi connectivity index (χ4v) is 4.93. The Labute approximate surface area is 69.5 Å². The molecule has 0 aromatic heterocycles. The highest BCUT2D eigenvalue weighted by molar-refractivity contribution is 8.75. The van der Waals surface area contributed by atoms with Gasteiger partial charge in [0.05, 0.1) is 0 Å². The molecule has 0 bridgehead atoms. The van der Waals surface area contributed by atoms with Crippen LogP contribution in [-0.2, 0) is 21.4 Å². The lowest BCUT2D eigenvalue weighted by atomic mass is 15.7. The summed E-state index contributed by atoms with van der Waals surface area (Å²) in [6.07, 6.45) is 0. The molecule has 1 aliphatic rings. The van der Waals surface area contributed by atoms with Crippen molar-refractivity contribution >= 4 is 37.8 Å². The lowest BCUT2D eigenvalue weighted by Crippen LogP contribution is -1.85. The van der Waals surface area contributed by atoms with Crippen molar-refractivity contribution in [3.63, 3.8) is 0 Å². The summed E-state index contributed by atoms with van der Waals surface area (Å²) < 4.78 is 33.1. The molecule has 1 rings (SSSR count). The van der Waals surface area contributed by atoms with Gasteiger partial charge in [0.1, 0.15) is 22.1 Å². The maximum Gasteiger partial charge on any atom is 0.507 e. The maximum absolute atomic E-state index is 10.8. The molecule has 0 radical (unpaired) electrons. The van der Waals surface area contributed by atoms with E-state index in [0.29, 0.717) is 22.1 Å². The number of hydrogen-bond donors (Lipinski definition) is 2. The minimum atomic E-state index is -4.82. The van der Waals surface area contributed by atoms with Crippen LogP contribution in [0.25, 0.3) is 0 Å². The van der Waals surface area contributed by atoms with E-state index in [1.807, 2.05) is 0 Å². The minimum absolute atomic E-state index is 0.585. The second-order valence-electron chi connectivity index (χ2n) is 1.30. The third kappa shape index (κ3) is 3.45. The van der Waals surface area contributed by atoms with Gasteiger partial charge in [0.25, 0.3) is 0 Å². The van der Waals surface area contributed by atoms with Crippen LogP contribution in [-0.4, -0.2) is 9.79 Å². The van der Waals surface area contributed by atoms with Gasteiger partial charge in [-0.05, 0) is 0 Å². The number of rotatable bonds is 2. The van der Waals surface area contributed by atoms with Gasteiger partial charge in [-0.3, -0.25) is 0 Å². The Bertz CT molecular complexity index is 219. The first kappa shape index (κ1) is 10.0. The molecule has 1 saturated heterocycles. The zero-order valence-electron chi connectivity index (χ0n) is 4.65. The van der Waals surface area contributed by atoms with Crippen LogP contribution in [0.15, 0.2) is 0 Å². The molecular weight excluding hydrogens is 238 g/mol. The molecule has 1 aliphatic heterocycles. The van der Waals surface area contributed by atoms with Gasteiger partial charge in [0, 0.05) is 0 Å². The summed E-state index contributed by atoms with van der Waals surface area (Å²) in [5.41, 5.74) is 0. The van der Waals surface area contributed by atoms with E-state index in [9.17, 15) is 9.13 Å². The Hall–Kier alpha value is 0.960. The average molecular weight is 240 g/mol. The molecule has 0 spiro atoms. The van der Waals surface area contributed by atoms with E-state index < -0.39 is 15.6 Å². The summed E-state index contributed by atoms with van der Waals surface area (Å²) >= 11 is 1.17. The summed E-state index contributed by atoms with van der Waals surface area (Å²) in [6, 6.07) is 0. The molecule has 0 aromatic rings. The standard InChI is InChI=1S/H2O7P2S2/c1-8(2,3)5-9(4)6-10-11-7-9/h(H2,1,2,3). The smallest absolute Gasteiger partial charge is 0.302 e. The van der Waals surface area contributed by atoms with Gasteiger partial charge in [0.2, 0.25) is 0 Å². The van der Waals surface area contributed by atoms with Crippen molar-refractivity contribution in [2.75, 3.05) is 0 Å². The molecule has 0 aromatic carbocycles. The highest BCUT2D eigenvalue weighted by atomic mass is 33.1. The van der Waals surface area contributed by atoms with Crippen LogP contribution in [0, 0.1) is 0 Å². The van der Waals surface area contributed by atoms with Gasteiger partial charge in [0.15, 0.2) is 0 Å². The van der Waals surface area contributed by atoms with E-state index >= 15 is 0 Å². The first-order valence-electron chi connectivity index (χ1n) is 2.00. The van der Waals surface area contributed by atoms with Crippen molar-refractivity contribution in [1.29, 1.82) is 0 Å². The molecule has 1 heterocycles. The summed E-state index contributed by atoms with van der Waals surface area (Å²) in [6.45, 7) is 0. The lowest BCUT2D eigenvalue weighted by molar-refractivity contribution is 0.249. The van der Waals surface area contributed by atoms with E-state index in [-0.39, 0.29) is 0 Å². The highest BCUT2D eigenvalue weighted by Gasteiger charge is 2.41. The molecule has 11 heavy (non-hydrogen) atoms. The lowest BCUT2D eigenvalue weighted by Gasteiger charge is -2.06. The van der Waals surface area contributed by atoms with E-state index in [1.54, 1.807) is 0 Å². The first-order chi connectivity index (χ1) is 4.91. The fraction of sp³-hybridized carbons (Fsp3) is 0. The summed E-state index contributed by atoms with van der Waals surface area (Å²) in [5, 5.41) is 0. The molecule has 0 aliphatic carbocycles. The van der Waals surface area contributed by atoms with Gasteiger partial charge < -0.3 is 9.79 Å². The van der Waals surface area contributed by atoms with Crippen LogP contribution in [0.4, 0.5) is 0 Å². The summed E-state index contributed by atoms with van der Waals surface area (Å²) in [4.78, 5) is 16.4. The van der Waals surface area contributed by atoms with Crippen molar-refractivity contribution in [3.8, 4) is 0 Å². The molecule has 0 unspecified atom stereocenters. The molecule has 11 heteroatoms.